The second-order valence-corrected chi connectivity index (χ2v) is 4.17. The van der Waals surface area contributed by atoms with Crippen LogP contribution in [0.5, 0.6) is 0 Å². The fourth-order valence-electron chi connectivity index (χ4n) is 2.11. The van der Waals surface area contributed by atoms with E-state index >= 15 is 0 Å². The first-order valence-electron chi connectivity index (χ1n) is 5.31. The maximum Gasteiger partial charge on any atom is 0.185 e. The van der Waals surface area contributed by atoms with Crippen LogP contribution in [0.1, 0.15) is 42.5 Å². The third-order valence-electron chi connectivity index (χ3n) is 3.02. The highest BCUT2D eigenvalue weighted by molar-refractivity contribution is 6.02. The van der Waals surface area contributed by atoms with Gasteiger partial charge in [0.2, 0.25) is 0 Å². The quantitative estimate of drug-likeness (QED) is 0.739. The number of nitrogens with two attached hydrogens (primary N) is 1. The normalized spacial score (nSPS) is 19.8. The maximum atomic E-state index is 12.1. The van der Waals surface area contributed by atoms with Crippen molar-refractivity contribution in [3.63, 3.8) is 0 Å². The van der Waals surface area contributed by atoms with Crippen LogP contribution >= 0.6 is 0 Å². The van der Waals surface area contributed by atoms with Crippen LogP contribution < -0.4 is 5.73 Å². The first-order valence-corrected chi connectivity index (χ1v) is 5.31. The summed E-state index contributed by atoms with van der Waals surface area (Å²) >= 11 is 0. The summed E-state index contributed by atoms with van der Waals surface area (Å²) in [7, 11) is 0. The first-order chi connectivity index (χ1) is 7.22. The lowest BCUT2D eigenvalue weighted by molar-refractivity contribution is 0.0847. The molecule has 1 aliphatic carbocycles. The molecule has 1 heterocycles. The average molecular weight is 205 g/mol. The number of rotatable bonds is 2. The van der Waals surface area contributed by atoms with Crippen molar-refractivity contribution in [3.8, 4) is 0 Å². The third kappa shape index (κ3) is 2.04. The van der Waals surface area contributed by atoms with Crippen molar-refractivity contribution in [2.45, 2.75) is 37.6 Å². The van der Waals surface area contributed by atoms with Crippen LogP contribution in [-0.2, 0) is 0 Å². The molecule has 0 saturated heterocycles. The van der Waals surface area contributed by atoms with Gasteiger partial charge in [-0.15, -0.1) is 0 Å². The van der Waals surface area contributed by atoms with Gasteiger partial charge in [-0.1, -0.05) is 19.3 Å². The number of Topliss-reactive ketones (excluding diaryl/α,β-unsaturated/α-hetero) is 1. The summed E-state index contributed by atoms with van der Waals surface area (Å²) in [6.07, 6.45) is 9.31. The minimum atomic E-state index is -0.678. The highest BCUT2D eigenvalue weighted by atomic mass is 16.1. The molecule has 0 aliphatic heterocycles. The topological polar surface area (TPSA) is 68.9 Å². The maximum absolute atomic E-state index is 12.1. The Kier molecular flexibility index (Phi) is 2.77. The van der Waals surface area contributed by atoms with Gasteiger partial charge < -0.3 is 5.73 Å². The minimum absolute atomic E-state index is 0.0113. The van der Waals surface area contributed by atoms with Crippen molar-refractivity contribution in [2.75, 3.05) is 0 Å². The molecule has 0 atom stereocenters. The molecule has 0 unspecified atom stereocenters. The average Bonchev–Trinajstić information content (AvgIpc) is 2.30. The largest absolute Gasteiger partial charge is 0.319 e. The number of carbonyl (C=O) groups excluding carboxylic acids is 1. The smallest absolute Gasteiger partial charge is 0.185 e. The lowest BCUT2D eigenvalue weighted by Gasteiger charge is -2.31. The molecule has 4 heteroatoms. The second kappa shape index (κ2) is 4.06. The van der Waals surface area contributed by atoms with Crippen LogP contribution in [0.15, 0.2) is 18.7 Å². The van der Waals surface area contributed by atoms with E-state index in [1.165, 1.54) is 12.7 Å². The summed E-state index contributed by atoms with van der Waals surface area (Å²) < 4.78 is 0. The van der Waals surface area contributed by atoms with E-state index in [9.17, 15) is 4.79 Å². The SMILES string of the molecule is NC1(C(=O)c2cncnc2)CCCCC1. The standard InChI is InChI=1S/C11H15N3O/c12-11(4-2-1-3-5-11)10(15)9-6-13-8-14-7-9/h6-8H,1-5,12H2. The molecule has 0 amide bonds. The molecule has 2 rings (SSSR count). The summed E-state index contributed by atoms with van der Waals surface area (Å²) in [6.45, 7) is 0. The van der Waals surface area contributed by atoms with Gasteiger partial charge in [-0.3, -0.25) is 4.79 Å². The number of nitrogens with zero attached hydrogens (tertiary/aromatic N) is 2. The lowest BCUT2D eigenvalue weighted by atomic mass is 9.78. The first kappa shape index (κ1) is 10.2. The molecule has 15 heavy (non-hydrogen) atoms. The Bertz CT molecular complexity index is 344. The Labute approximate surface area is 88.9 Å². The van der Waals surface area contributed by atoms with Crippen molar-refractivity contribution in [1.29, 1.82) is 0 Å². The molecule has 1 aromatic heterocycles. The predicted octanol–water partition coefficient (Wildman–Crippen LogP) is 1.32. The molecule has 1 saturated carbocycles. The van der Waals surface area contributed by atoms with E-state index in [2.05, 4.69) is 9.97 Å². The molecule has 80 valence electrons. The van der Waals surface area contributed by atoms with Crippen LogP contribution in [0.4, 0.5) is 0 Å². The van der Waals surface area contributed by atoms with Gasteiger partial charge >= 0.3 is 0 Å². The zero-order valence-electron chi connectivity index (χ0n) is 8.65. The van der Waals surface area contributed by atoms with Crippen molar-refractivity contribution < 1.29 is 4.79 Å². The van der Waals surface area contributed by atoms with E-state index < -0.39 is 5.54 Å². The van der Waals surface area contributed by atoms with E-state index in [0.717, 1.165) is 25.7 Å². The van der Waals surface area contributed by atoms with Gasteiger partial charge in [-0.25, -0.2) is 9.97 Å². The second-order valence-electron chi connectivity index (χ2n) is 4.17. The Morgan fingerprint density at radius 3 is 2.40 bits per heavy atom. The Balaban J connectivity index is 2.20. The highest BCUT2D eigenvalue weighted by Crippen LogP contribution is 2.28. The van der Waals surface area contributed by atoms with Crippen LogP contribution in [-0.4, -0.2) is 21.3 Å². The molecule has 0 spiro atoms. The molecule has 0 radical (unpaired) electrons. The van der Waals surface area contributed by atoms with Gasteiger partial charge in [-0.05, 0) is 12.8 Å². The molecule has 0 bridgehead atoms. The van der Waals surface area contributed by atoms with E-state index in [-0.39, 0.29) is 5.78 Å². The predicted molar refractivity (Wildman–Crippen MR) is 56.4 cm³/mol. The number of hydrogen-bond acceptors (Lipinski definition) is 4. The van der Waals surface area contributed by atoms with Crippen molar-refractivity contribution in [2.24, 2.45) is 5.73 Å². The molecule has 0 aromatic carbocycles. The third-order valence-corrected chi connectivity index (χ3v) is 3.02. The summed E-state index contributed by atoms with van der Waals surface area (Å²) in [5.74, 6) is -0.0113. The summed E-state index contributed by atoms with van der Waals surface area (Å²) in [5, 5.41) is 0. The van der Waals surface area contributed by atoms with Crippen LogP contribution in [0.25, 0.3) is 0 Å². The Hall–Kier alpha value is -1.29. The van der Waals surface area contributed by atoms with Gasteiger partial charge in [0, 0.05) is 12.4 Å². The summed E-state index contributed by atoms with van der Waals surface area (Å²) in [4.78, 5) is 19.8. The highest BCUT2D eigenvalue weighted by Gasteiger charge is 2.35. The Morgan fingerprint density at radius 2 is 1.80 bits per heavy atom. The zero-order chi connectivity index (χ0) is 10.7. The van der Waals surface area contributed by atoms with Crippen LogP contribution in [0.2, 0.25) is 0 Å². The fraction of sp³-hybridized carbons (Fsp3) is 0.545. The molecule has 1 fully saturated rings. The van der Waals surface area contributed by atoms with Gasteiger partial charge in [0.15, 0.2) is 5.78 Å². The van der Waals surface area contributed by atoms with Gasteiger partial charge in [0.05, 0.1) is 11.1 Å². The van der Waals surface area contributed by atoms with Crippen LogP contribution in [0.3, 0.4) is 0 Å². The Morgan fingerprint density at radius 1 is 1.20 bits per heavy atom. The zero-order valence-corrected chi connectivity index (χ0v) is 8.65. The molecular formula is C11H15N3O. The van der Waals surface area contributed by atoms with Crippen molar-refractivity contribution in [3.05, 3.63) is 24.3 Å². The number of hydrogen-bond donors (Lipinski definition) is 1. The number of carbonyl (C=O) groups is 1. The fourth-order valence-corrected chi connectivity index (χ4v) is 2.11. The number of ketones is 1. The van der Waals surface area contributed by atoms with Crippen molar-refractivity contribution >= 4 is 5.78 Å². The van der Waals surface area contributed by atoms with E-state index in [1.54, 1.807) is 12.4 Å². The molecule has 2 N–H and O–H groups in total. The van der Waals surface area contributed by atoms with Gasteiger partial charge in [0.1, 0.15) is 6.33 Å². The summed E-state index contributed by atoms with van der Waals surface area (Å²) in [5.41, 5.74) is 5.98. The lowest BCUT2D eigenvalue weighted by Crippen LogP contribution is -2.49. The summed E-state index contributed by atoms with van der Waals surface area (Å²) in [6, 6.07) is 0. The van der Waals surface area contributed by atoms with Crippen LogP contribution in [0, 0.1) is 0 Å². The van der Waals surface area contributed by atoms with E-state index in [4.69, 9.17) is 5.73 Å². The number of aromatic nitrogens is 2. The molecular weight excluding hydrogens is 190 g/mol. The van der Waals surface area contributed by atoms with E-state index in [1.807, 2.05) is 0 Å². The van der Waals surface area contributed by atoms with E-state index in [0.29, 0.717) is 5.56 Å². The molecule has 1 aliphatic rings. The van der Waals surface area contributed by atoms with Gasteiger partial charge in [0.25, 0.3) is 0 Å². The molecule has 4 nitrogen and oxygen atoms in total. The minimum Gasteiger partial charge on any atom is -0.319 e. The monoisotopic (exact) mass is 205 g/mol. The molecule has 1 aromatic rings. The van der Waals surface area contributed by atoms with Gasteiger partial charge in [-0.2, -0.15) is 0 Å². The van der Waals surface area contributed by atoms with Crippen molar-refractivity contribution in [1.82, 2.24) is 9.97 Å².